The Bertz CT molecular complexity index is 418. The van der Waals surface area contributed by atoms with Gasteiger partial charge in [-0.2, -0.15) is 0 Å². The topological polar surface area (TPSA) is 58.6 Å². The zero-order valence-corrected chi connectivity index (χ0v) is 10.1. The highest BCUT2D eigenvalue weighted by Crippen LogP contribution is 2.18. The van der Waals surface area contributed by atoms with Crippen LogP contribution in [0.15, 0.2) is 18.2 Å². The fourth-order valence-corrected chi connectivity index (χ4v) is 1.47. The van der Waals surface area contributed by atoms with Crippen LogP contribution in [-0.2, 0) is 4.74 Å². The molecule has 0 fully saturated rings. The second-order valence-corrected chi connectivity index (χ2v) is 4.43. The molecule has 2 N–H and O–H groups in total. The predicted octanol–water partition coefficient (Wildman–Crippen LogP) is 1.69. The number of phenolic OH excluding ortho intramolecular Hbond substituents is 1. The van der Waals surface area contributed by atoms with E-state index in [1.165, 1.54) is 13.2 Å². The molecule has 4 nitrogen and oxygen atoms in total. The fraction of sp³-hybridized carbons (Fsp3) is 0.417. The number of phenols is 1. The number of nitrogens with one attached hydrogen (secondary N) is 1. The van der Waals surface area contributed by atoms with Crippen LogP contribution in [0, 0.1) is 5.82 Å². The number of carbonyl (C=O) groups excluding carboxylic acids is 1. The van der Waals surface area contributed by atoms with Gasteiger partial charge in [0.2, 0.25) is 0 Å². The van der Waals surface area contributed by atoms with E-state index in [4.69, 9.17) is 4.74 Å². The third-order valence-electron chi connectivity index (χ3n) is 2.16. The molecule has 0 aromatic heterocycles. The van der Waals surface area contributed by atoms with Crippen molar-refractivity contribution in [2.75, 3.05) is 13.7 Å². The van der Waals surface area contributed by atoms with Gasteiger partial charge in [-0.05, 0) is 26.0 Å². The lowest BCUT2D eigenvalue weighted by Gasteiger charge is -2.25. The minimum Gasteiger partial charge on any atom is -0.507 e. The summed E-state index contributed by atoms with van der Waals surface area (Å²) in [6.45, 7) is 3.91. The molecule has 94 valence electrons. The van der Waals surface area contributed by atoms with Crippen LogP contribution in [0.25, 0.3) is 0 Å². The SMILES string of the molecule is COCC(C)(C)NC(=O)c1ccc(F)cc1O. The Morgan fingerprint density at radius 3 is 2.71 bits per heavy atom. The molecule has 1 amide bonds. The van der Waals surface area contributed by atoms with Crippen molar-refractivity contribution in [1.29, 1.82) is 0 Å². The summed E-state index contributed by atoms with van der Waals surface area (Å²) in [5.74, 6) is -1.43. The average molecular weight is 241 g/mol. The van der Waals surface area contributed by atoms with Gasteiger partial charge in [0.05, 0.1) is 17.7 Å². The third kappa shape index (κ3) is 3.71. The molecule has 0 heterocycles. The molecule has 5 heteroatoms. The summed E-state index contributed by atoms with van der Waals surface area (Å²) in [4.78, 5) is 11.8. The van der Waals surface area contributed by atoms with Crippen LogP contribution in [0.1, 0.15) is 24.2 Å². The number of carbonyl (C=O) groups is 1. The molecule has 0 bridgehead atoms. The molecule has 0 aliphatic heterocycles. The van der Waals surface area contributed by atoms with Crippen molar-refractivity contribution in [2.45, 2.75) is 19.4 Å². The highest BCUT2D eigenvalue weighted by molar-refractivity contribution is 5.97. The summed E-state index contributed by atoms with van der Waals surface area (Å²) in [5.41, 5.74) is -0.525. The summed E-state index contributed by atoms with van der Waals surface area (Å²) >= 11 is 0. The minimum atomic E-state index is -0.588. The Labute approximate surface area is 99.4 Å². The van der Waals surface area contributed by atoms with Crippen molar-refractivity contribution in [1.82, 2.24) is 5.32 Å². The third-order valence-corrected chi connectivity index (χ3v) is 2.16. The first-order chi connectivity index (χ1) is 7.85. The molecule has 0 aliphatic carbocycles. The van der Waals surface area contributed by atoms with E-state index in [1.54, 1.807) is 13.8 Å². The van der Waals surface area contributed by atoms with Gasteiger partial charge in [0.25, 0.3) is 5.91 Å². The number of aromatic hydroxyl groups is 1. The highest BCUT2D eigenvalue weighted by atomic mass is 19.1. The summed E-state index contributed by atoms with van der Waals surface area (Å²) in [5, 5.41) is 12.1. The molecule has 0 radical (unpaired) electrons. The van der Waals surface area contributed by atoms with Crippen molar-refractivity contribution < 1.29 is 19.0 Å². The maximum Gasteiger partial charge on any atom is 0.255 e. The average Bonchev–Trinajstić information content (AvgIpc) is 2.15. The Morgan fingerprint density at radius 2 is 2.18 bits per heavy atom. The molecule has 1 aromatic rings. The number of halogens is 1. The van der Waals surface area contributed by atoms with E-state index in [0.29, 0.717) is 6.61 Å². The van der Waals surface area contributed by atoms with E-state index in [9.17, 15) is 14.3 Å². The van der Waals surface area contributed by atoms with Crippen molar-refractivity contribution in [3.63, 3.8) is 0 Å². The smallest absolute Gasteiger partial charge is 0.255 e. The van der Waals surface area contributed by atoms with Crippen LogP contribution in [0.2, 0.25) is 0 Å². The highest BCUT2D eigenvalue weighted by Gasteiger charge is 2.22. The monoisotopic (exact) mass is 241 g/mol. The van der Waals surface area contributed by atoms with Gasteiger partial charge in [0.15, 0.2) is 0 Å². The normalized spacial score (nSPS) is 11.3. The molecular weight excluding hydrogens is 225 g/mol. The van der Waals surface area contributed by atoms with E-state index >= 15 is 0 Å². The quantitative estimate of drug-likeness (QED) is 0.843. The second kappa shape index (κ2) is 5.14. The van der Waals surface area contributed by atoms with E-state index in [2.05, 4.69) is 5.32 Å². The van der Waals surface area contributed by atoms with Gasteiger partial charge in [0, 0.05) is 13.2 Å². The van der Waals surface area contributed by atoms with Crippen molar-refractivity contribution in [3.8, 4) is 5.75 Å². The molecule has 0 saturated heterocycles. The maximum atomic E-state index is 12.8. The lowest BCUT2D eigenvalue weighted by molar-refractivity contribution is 0.0817. The van der Waals surface area contributed by atoms with Gasteiger partial charge in [-0.1, -0.05) is 0 Å². The first-order valence-electron chi connectivity index (χ1n) is 5.16. The van der Waals surface area contributed by atoms with E-state index in [0.717, 1.165) is 12.1 Å². The van der Waals surface area contributed by atoms with Gasteiger partial charge < -0.3 is 15.2 Å². The van der Waals surface area contributed by atoms with Gasteiger partial charge in [-0.25, -0.2) is 4.39 Å². The maximum absolute atomic E-state index is 12.8. The first-order valence-corrected chi connectivity index (χ1v) is 5.16. The number of methoxy groups -OCH3 is 1. The predicted molar refractivity (Wildman–Crippen MR) is 61.5 cm³/mol. The number of hydrogen-bond acceptors (Lipinski definition) is 3. The van der Waals surface area contributed by atoms with E-state index in [1.807, 2.05) is 0 Å². The number of amides is 1. The summed E-state index contributed by atoms with van der Waals surface area (Å²) in [6.07, 6.45) is 0. The molecule has 0 atom stereocenters. The van der Waals surface area contributed by atoms with Crippen molar-refractivity contribution in [3.05, 3.63) is 29.6 Å². The molecular formula is C12H16FNO3. The van der Waals surface area contributed by atoms with Crippen LogP contribution >= 0.6 is 0 Å². The standard InChI is InChI=1S/C12H16FNO3/c1-12(2,7-17-3)14-11(16)9-5-4-8(13)6-10(9)15/h4-6,15H,7H2,1-3H3,(H,14,16). The number of rotatable bonds is 4. The number of ether oxygens (including phenoxy) is 1. The van der Waals surface area contributed by atoms with Crippen LogP contribution in [0.5, 0.6) is 5.75 Å². The summed E-state index contributed by atoms with van der Waals surface area (Å²) < 4.78 is 17.7. The Hall–Kier alpha value is -1.62. The summed E-state index contributed by atoms with van der Waals surface area (Å²) in [6, 6.07) is 3.26. The lowest BCUT2D eigenvalue weighted by Crippen LogP contribution is -2.46. The van der Waals surface area contributed by atoms with Crippen LogP contribution in [-0.4, -0.2) is 30.3 Å². The van der Waals surface area contributed by atoms with Crippen molar-refractivity contribution in [2.24, 2.45) is 0 Å². The largest absolute Gasteiger partial charge is 0.507 e. The van der Waals surface area contributed by atoms with Gasteiger partial charge in [-0.15, -0.1) is 0 Å². The Kier molecular flexibility index (Phi) is 4.07. The molecule has 0 saturated carbocycles. The Morgan fingerprint density at radius 1 is 1.53 bits per heavy atom. The molecule has 17 heavy (non-hydrogen) atoms. The minimum absolute atomic E-state index is 0.0376. The fourth-order valence-electron chi connectivity index (χ4n) is 1.47. The van der Waals surface area contributed by atoms with Gasteiger partial charge in [-0.3, -0.25) is 4.79 Å². The number of benzene rings is 1. The van der Waals surface area contributed by atoms with E-state index in [-0.39, 0.29) is 11.3 Å². The van der Waals surface area contributed by atoms with Crippen LogP contribution in [0.3, 0.4) is 0 Å². The number of hydrogen-bond donors (Lipinski definition) is 2. The van der Waals surface area contributed by atoms with Crippen LogP contribution in [0.4, 0.5) is 4.39 Å². The lowest BCUT2D eigenvalue weighted by atomic mass is 10.1. The molecule has 1 aromatic carbocycles. The Balaban J connectivity index is 2.83. The molecule has 0 unspecified atom stereocenters. The zero-order valence-electron chi connectivity index (χ0n) is 10.1. The summed E-state index contributed by atoms with van der Waals surface area (Å²) in [7, 11) is 1.53. The molecule has 0 aliphatic rings. The molecule has 1 rings (SSSR count). The van der Waals surface area contributed by atoms with Crippen molar-refractivity contribution >= 4 is 5.91 Å². The van der Waals surface area contributed by atoms with E-state index < -0.39 is 17.3 Å². The zero-order chi connectivity index (χ0) is 13.1. The van der Waals surface area contributed by atoms with Gasteiger partial charge in [0.1, 0.15) is 11.6 Å². The molecule has 0 spiro atoms. The van der Waals surface area contributed by atoms with Gasteiger partial charge >= 0.3 is 0 Å². The van der Waals surface area contributed by atoms with Crippen LogP contribution < -0.4 is 5.32 Å². The second-order valence-electron chi connectivity index (χ2n) is 4.43. The first kappa shape index (κ1) is 13.4.